The smallest absolute Gasteiger partial charge is 0.00683 e. The third-order valence-electron chi connectivity index (χ3n) is 3.41. The van der Waals surface area contributed by atoms with E-state index in [4.69, 9.17) is 0 Å². The molecule has 1 saturated carbocycles. The molecule has 1 aliphatic heterocycles. The van der Waals surface area contributed by atoms with E-state index in [2.05, 4.69) is 24.1 Å². The molecule has 2 atom stereocenters. The highest BCUT2D eigenvalue weighted by Crippen LogP contribution is 2.19. The van der Waals surface area contributed by atoms with Crippen LogP contribution in [0.15, 0.2) is 0 Å². The molecule has 2 aliphatic rings. The zero-order valence-corrected chi connectivity index (χ0v) is 9.63. The maximum absolute atomic E-state index is 3.61. The van der Waals surface area contributed by atoms with Crippen molar-refractivity contribution in [1.82, 2.24) is 10.2 Å². The molecular formula is C12H24N2. The number of hydrogen-bond donors (Lipinski definition) is 1. The minimum Gasteiger partial charge on any atom is -0.314 e. The molecule has 82 valence electrons. The largest absolute Gasteiger partial charge is 0.314 e. The first kappa shape index (κ1) is 10.4. The molecule has 0 aromatic carbocycles. The molecule has 2 unspecified atom stereocenters. The Labute approximate surface area is 88.1 Å². The zero-order chi connectivity index (χ0) is 9.97. The van der Waals surface area contributed by atoms with Crippen LogP contribution in [-0.4, -0.2) is 37.1 Å². The molecule has 1 heterocycles. The van der Waals surface area contributed by atoms with E-state index in [9.17, 15) is 0 Å². The van der Waals surface area contributed by atoms with Gasteiger partial charge in [-0.15, -0.1) is 0 Å². The standard InChI is InChI=1S/C12H24N2/c1-10-5-6-14(8-10)9-11(2)7-13-12-3-4-12/h10-13H,3-9H2,1-2H3. The lowest BCUT2D eigenvalue weighted by Gasteiger charge is -2.20. The number of likely N-dealkylation sites (tertiary alicyclic amines) is 1. The summed E-state index contributed by atoms with van der Waals surface area (Å²) in [4.78, 5) is 2.63. The Morgan fingerprint density at radius 3 is 2.71 bits per heavy atom. The van der Waals surface area contributed by atoms with Gasteiger partial charge in [-0.2, -0.15) is 0 Å². The van der Waals surface area contributed by atoms with E-state index in [0.717, 1.165) is 17.9 Å². The Morgan fingerprint density at radius 2 is 2.14 bits per heavy atom. The molecular weight excluding hydrogens is 172 g/mol. The lowest BCUT2D eigenvalue weighted by Crippen LogP contribution is -2.32. The summed E-state index contributed by atoms with van der Waals surface area (Å²) < 4.78 is 0. The first-order chi connectivity index (χ1) is 6.74. The van der Waals surface area contributed by atoms with Crippen molar-refractivity contribution in [3.8, 4) is 0 Å². The Balaban J connectivity index is 1.58. The first-order valence-corrected chi connectivity index (χ1v) is 6.20. The van der Waals surface area contributed by atoms with Crippen LogP contribution in [-0.2, 0) is 0 Å². The van der Waals surface area contributed by atoms with E-state index in [1.54, 1.807) is 0 Å². The van der Waals surface area contributed by atoms with Crippen LogP contribution in [0, 0.1) is 11.8 Å². The van der Waals surface area contributed by atoms with Crippen LogP contribution in [0.2, 0.25) is 0 Å². The summed E-state index contributed by atoms with van der Waals surface area (Å²) in [5, 5.41) is 3.61. The predicted octanol–water partition coefficient (Wildman–Crippen LogP) is 1.72. The topological polar surface area (TPSA) is 15.3 Å². The maximum Gasteiger partial charge on any atom is 0.00683 e. The number of nitrogens with one attached hydrogen (secondary N) is 1. The number of nitrogens with zero attached hydrogens (tertiary/aromatic N) is 1. The summed E-state index contributed by atoms with van der Waals surface area (Å²) in [7, 11) is 0. The van der Waals surface area contributed by atoms with Gasteiger partial charge in [0.05, 0.1) is 0 Å². The highest BCUT2D eigenvalue weighted by Gasteiger charge is 2.23. The van der Waals surface area contributed by atoms with Crippen molar-refractivity contribution in [1.29, 1.82) is 0 Å². The van der Waals surface area contributed by atoms with Gasteiger partial charge in [0.2, 0.25) is 0 Å². The van der Waals surface area contributed by atoms with E-state index in [0.29, 0.717) is 0 Å². The van der Waals surface area contributed by atoms with Crippen LogP contribution in [0.1, 0.15) is 33.1 Å². The Kier molecular flexibility index (Phi) is 3.45. The van der Waals surface area contributed by atoms with Crippen molar-refractivity contribution in [2.45, 2.75) is 39.2 Å². The van der Waals surface area contributed by atoms with Gasteiger partial charge in [0.1, 0.15) is 0 Å². The van der Waals surface area contributed by atoms with Crippen molar-refractivity contribution < 1.29 is 0 Å². The van der Waals surface area contributed by atoms with Crippen LogP contribution in [0.4, 0.5) is 0 Å². The Bertz CT molecular complexity index is 177. The molecule has 2 nitrogen and oxygen atoms in total. The fourth-order valence-electron chi connectivity index (χ4n) is 2.35. The quantitative estimate of drug-likeness (QED) is 0.720. The summed E-state index contributed by atoms with van der Waals surface area (Å²) >= 11 is 0. The number of hydrogen-bond acceptors (Lipinski definition) is 2. The van der Waals surface area contributed by atoms with Gasteiger partial charge in [0.25, 0.3) is 0 Å². The average Bonchev–Trinajstić information content (AvgIpc) is 2.88. The maximum atomic E-state index is 3.61. The summed E-state index contributed by atoms with van der Waals surface area (Å²) in [6.07, 6.45) is 4.23. The van der Waals surface area contributed by atoms with Crippen LogP contribution < -0.4 is 5.32 Å². The first-order valence-electron chi connectivity index (χ1n) is 6.20. The predicted molar refractivity (Wildman–Crippen MR) is 60.4 cm³/mol. The van der Waals surface area contributed by atoms with Gasteiger partial charge in [0.15, 0.2) is 0 Å². The second kappa shape index (κ2) is 4.63. The minimum atomic E-state index is 0.820. The number of rotatable bonds is 5. The van der Waals surface area contributed by atoms with Gasteiger partial charge in [-0.05, 0) is 44.2 Å². The van der Waals surface area contributed by atoms with E-state index >= 15 is 0 Å². The molecule has 2 rings (SSSR count). The second-order valence-corrected chi connectivity index (χ2v) is 5.44. The fraction of sp³-hybridized carbons (Fsp3) is 1.00. The van der Waals surface area contributed by atoms with Crippen molar-refractivity contribution in [2.24, 2.45) is 11.8 Å². The van der Waals surface area contributed by atoms with Crippen LogP contribution in [0.3, 0.4) is 0 Å². The SMILES string of the molecule is CC1CCN(CC(C)CNC2CC2)C1. The van der Waals surface area contributed by atoms with E-state index in [1.807, 2.05) is 0 Å². The lowest BCUT2D eigenvalue weighted by molar-refractivity contribution is 0.275. The molecule has 1 N–H and O–H groups in total. The molecule has 0 aromatic heterocycles. The van der Waals surface area contributed by atoms with Crippen molar-refractivity contribution in [3.05, 3.63) is 0 Å². The molecule has 0 aromatic rings. The molecule has 0 spiro atoms. The van der Waals surface area contributed by atoms with Gasteiger partial charge in [0, 0.05) is 19.1 Å². The zero-order valence-electron chi connectivity index (χ0n) is 9.63. The second-order valence-electron chi connectivity index (χ2n) is 5.44. The van der Waals surface area contributed by atoms with Gasteiger partial charge < -0.3 is 10.2 Å². The molecule has 1 aliphatic carbocycles. The summed E-state index contributed by atoms with van der Waals surface area (Å²) in [5.74, 6) is 1.75. The van der Waals surface area contributed by atoms with Crippen molar-refractivity contribution >= 4 is 0 Å². The molecule has 2 fully saturated rings. The molecule has 14 heavy (non-hydrogen) atoms. The third kappa shape index (κ3) is 3.25. The lowest BCUT2D eigenvalue weighted by atomic mass is 10.1. The fourth-order valence-corrected chi connectivity index (χ4v) is 2.35. The molecule has 0 bridgehead atoms. The molecule has 0 radical (unpaired) electrons. The van der Waals surface area contributed by atoms with Crippen molar-refractivity contribution in [3.63, 3.8) is 0 Å². The average molecular weight is 196 g/mol. The van der Waals surface area contributed by atoms with Crippen LogP contribution >= 0.6 is 0 Å². The third-order valence-corrected chi connectivity index (χ3v) is 3.41. The highest BCUT2D eigenvalue weighted by atomic mass is 15.1. The normalized spacial score (nSPS) is 30.9. The van der Waals surface area contributed by atoms with Crippen LogP contribution in [0.5, 0.6) is 0 Å². The highest BCUT2D eigenvalue weighted by molar-refractivity contribution is 4.82. The van der Waals surface area contributed by atoms with Gasteiger partial charge in [-0.1, -0.05) is 13.8 Å². The summed E-state index contributed by atoms with van der Waals surface area (Å²) in [6.45, 7) is 9.91. The van der Waals surface area contributed by atoms with E-state index < -0.39 is 0 Å². The van der Waals surface area contributed by atoms with Gasteiger partial charge >= 0.3 is 0 Å². The minimum absolute atomic E-state index is 0.820. The monoisotopic (exact) mass is 196 g/mol. The van der Waals surface area contributed by atoms with Crippen molar-refractivity contribution in [2.75, 3.05) is 26.2 Å². The Hall–Kier alpha value is -0.0800. The summed E-state index contributed by atoms with van der Waals surface area (Å²) in [5.41, 5.74) is 0. The summed E-state index contributed by atoms with van der Waals surface area (Å²) in [6, 6.07) is 0.870. The van der Waals surface area contributed by atoms with Gasteiger partial charge in [-0.3, -0.25) is 0 Å². The Morgan fingerprint density at radius 1 is 1.36 bits per heavy atom. The van der Waals surface area contributed by atoms with E-state index in [-0.39, 0.29) is 0 Å². The molecule has 0 amide bonds. The molecule has 1 saturated heterocycles. The molecule has 2 heteroatoms. The van der Waals surface area contributed by atoms with Gasteiger partial charge in [-0.25, -0.2) is 0 Å². The van der Waals surface area contributed by atoms with E-state index in [1.165, 1.54) is 45.4 Å². The van der Waals surface area contributed by atoms with Crippen LogP contribution in [0.25, 0.3) is 0 Å².